The quantitative estimate of drug-likeness (QED) is 0.547. The maximum atomic E-state index is 6.15. The van der Waals surface area contributed by atoms with Gasteiger partial charge < -0.3 is 9.47 Å². The van der Waals surface area contributed by atoms with Gasteiger partial charge in [-0.1, -0.05) is 39.5 Å². The lowest BCUT2D eigenvalue weighted by molar-refractivity contribution is -0.0386. The van der Waals surface area contributed by atoms with Crippen LogP contribution in [0.4, 0.5) is 0 Å². The molecule has 0 spiro atoms. The summed E-state index contributed by atoms with van der Waals surface area (Å²) in [5.74, 6) is 1.50. The van der Waals surface area contributed by atoms with Gasteiger partial charge in [-0.3, -0.25) is 0 Å². The Hall–Kier alpha value is -0.0800. The second kappa shape index (κ2) is 9.27. The van der Waals surface area contributed by atoms with Crippen LogP contribution in [0.25, 0.3) is 0 Å². The number of hydrogen-bond donors (Lipinski definition) is 0. The van der Waals surface area contributed by atoms with Crippen molar-refractivity contribution >= 4 is 0 Å². The summed E-state index contributed by atoms with van der Waals surface area (Å²) >= 11 is 0. The fraction of sp³-hybridized carbons (Fsp3) is 1.00. The molecule has 1 rings (SSSR count). The monoisotopic (exact) mass is 312 g/mol. The zero-order valence-electron chi connectivity index (χ0n) is 16.0. The molecule has 0 aliphatic carbocycles. The molecule has 132 valence electrons. The van der Waals surface area contributed by atoms with Crippen molar-refractivity contribution in [2.75, 3.05) is 13.2 Å². The number of hydrogen-bond acceptors (Lipinski definition) is 2. The lowest BCUT2D eigenvalue weighted by Crippen LogP contribution is -2.27. The van der Waals surface area contributed by atoms with Crippen LogP contribution in [-0.4, -0.2) is 24.4 Å². The SMILES string of the molecule is CC1CCCC(C)(C)OCCC(C)CCCC(C)(C)OCC1. The van der Waals surface area contributed by atoms with E-state index in [1.807, 2.05) is 0 Å². The van der Waals surface area contributed by atoms with Gasteiger partial charge in [0, 0.05) is 13.2 Å². The van der Waals surface area contributed by atoms with Crippen molar-refractivity contribution in [3.63, 3.8) is 0 Å². The largest absolute Gasteiger partial charge is 0.376 e. The van der Waals surface area contributed by atoms with E-state index in [9.17, 15) is 0 Å². The maximum absolute atomic E-state index is 6.15. The van der Waals surface area contributed by atoms with Crippen LogP contribution in [-0.2, 0) is 9.47 Å². The summed E-state index contributed by atoms with van der Waals surface area (Å²) in [7, 11) is 0. The molecule has 1 aliphatic rings. The van der Waals surface area contributed by atoms with Crippen LogP contribution in [0, 0.1) is 11.8 Å². The smallest absolute Gasteiger partial charge is 0.0626 e. The van der Waals surface area contributed by atoms with Gasteiger partial charge in [-0.05, 0) is 65.2 Å². The van der Waals surface area contributed by atoms with Crippen molar-refractivity contribution in [3.05, 3.63) is 0 Å². The molecule has 0 aromatic heterocycles. The van der Waals surface area contributed by atoms with E-state index in [4.69, 9.17) is 9.47 Å². The Bertz CT molecular complexity index is 242. The molecule has 1 aliphatic heterocycles. The van der Waals surface area contributed by atoms with Crippen molar-refractivity contribution in [2.24, 2.45) is 11.8 Å². The molecule has 2 nitrogen and oxygen atoms in total. The Balaban J connectivity index is 2.51. The van der Waals surface area contributed by atoms with Crippen molar-refractivity contribution in [2.45, 2.75) is 104 Å². The molecule has 0 amide bonds. The predicted octanol–water partition coefficient (Wildman–Crippen LogP) is 5.98. The molecule has 0 aromatic carbocycles. The second-order valence-electron chi connectivity index (χ2n) is 8.79. The van der Waals surface area contributed by atoms with Gasteiger partial charge in [0.25, 0.3) is 0 Å². The molecule has 2 heteroatoms. The topological polar surface area (TPSA) is 18.5 Å². The summed E-state index contributed by atoms with van der Waals surface area (Å²) in [5.41, 5.74) is 0.0734. The Morgan fingerprint density at radius 3 is 1.36 bits per heavy atom. The molecule has 1 saturated heterocycles. The van der Waals surface area contributed by atoms with Gasteiger partial charge >= 0.3 is 0 Å². The molecular weight excluding hydrogens is 272 g/mol. The second-order valence-corrected chi connectivity index (χ2v) is 8.79. The molecule has 22 heavy (non-hydrogen) atoms. The Morgan fingerprint density at radius 1 is 0.636 bits per heavy atom. The summed E-state index contributed by atoms with van der Waals surface area (Å²) in [6.45, 7) is 15.5. The summed E-state index contributed by atoms with van der Waals surface area (Å²) in [4.78, 5) is 0. The predicted molar refractivity (Wildman–Crippen MR) is 95.3 cm³/mol. The van der Waals surface area contributed by atoms with Gasteiger partial charge in [0.05, 0.1) is 11.2 Å². The molecular formula is C20H40O2. The Labute approximate surface area is 139 Å². The lowest BCUT2D eigenvalue weighted by Gasteiger charge is -2.29. The van der Waals surface area contributed by atoms with Gasteiger partial charge in [0.15, 0.2) is 0 Å². The van der Waals surface area contributed by atoms with Crippen LogP contribution in [0.3, 0.4) is 0 Å². The highest BCUT2D eigenvalue weighted by Gasteiger charge is 2.21. The first-order chi connectivity index (χ1) is 10.2. The van der Waals surface area contributed by atoms with Crippen molar-refractivity contribution < 1.29 is 9.47 Å². The van der Waals surface area contributed by atoms with E-state index >= 15 is 0 Å². The molecule has 0 bridgehead atoms. The first kappa shape index (κ1) is 20.0. The van der Waals surface area contributed by atoms with Crippen LogP contribution in [0.2, 0.25) is 0 Å². The van der Waals surface area contributed by atoms with E-state index in [1.165, 1.54) is 38.5 Å². The Kier molecular flexibility index (Phi) is 8.42. The van der Waals surface area contributed by atoms with Gasteiger partial charge in [-0.2, -0.15) is 0 Å². The van der Waals surface area contributed by atoms with Crippen molar-refractivity contribution in [1.29, 1.82) is 0 Å². The third kappa shape index (κ3) is 9.15. The highest BCUT2D eigenvalue weighted by molar-refractivity contribution is 4.72. The summed E-state index contributed by atoms with van der Waals surface area (Å²) in [6.07, 6.45) is 9.78. The van der Waals surface area contributed by atoms with E-state index in [2.05, 4.69) is 41.5 Å². The third-order valence-corrected chi connectivity index (χ3v) is 5.16. The van der Waals surface area contributed by atoms with Crippen LogP contribution in [0.1, 0.15) is 92.9 Å². The highest BCUT2D eigenvalue weighted by Crippen LogP contribution is 2.25. The number of rotatable bonds is 0. The normalized spacial score (nSPS) is 32.5. The average molecular weight is 313 g/mol. The lowest BCUT2D eigenvalue weighted by atomic mass is 9.93. The minimum absolute atomic E-state index is 0.0367. The first-order valence-electron chi connectivity index (χ1n) is 9.48. The van der Waals surface area contributed by atoms with Gasteiger partial charge in [-0.25, -0.2) is 0 Å². The molecule has 0 N–H and O–H groups in total. The number of ether oxygens (including phenoxy) is 2. The molecule has 1 fully saturated rings. The highest BCUT2D eigenvalue weighted by atomic mass is 16.5. The maximum Gasteiger partial charge on any atom is 0.0626 e. The minimum Gasteiger partial charge on any atom is -0.376 e. The molecule has 0 aromatic rings. The van der Waals surface area contributed by atoms with Gasteiger partial charge in [0.1, 0.15) is 0 Å². The van der Waals surface area contributed by atoms with E-state index in [-0.39, 0.29) is 11.2 Å². The average Bonchev–Trinajstić information content (AvgIpc) is 2.36. The van der Waals surface area contributed by atoms with E-state index in [1.54, 1.807) is 0 Å². The Morgan fingerprint density at radius 2 is 1.00 bits per heavy atom. The molecule has 2 atom stereocenters. The molecule has 0 radical (unpaired) electrons. The van der Waals surface area contributed by atoms with E-state index in [0.29, 0.717) is 0 Å². The first-order valence-corrected chi connectivity index (χ1v) is 9.48. The van der Waals surface area contributed by atoms with Crippen molar-refractivity contribution in [1.82, 2.24) is 0 Å². The van der Waals surface area contributed by atoms with Crippen LogP contribution in [0.15, 0.2) is 0 Å². The summed E-state index contributed by atoms with van der Waals surface area (Å²) < 4.78 is 12.3. The fourth-order valence-corrected chi connectivity index (χ4v) is 3.26. The molecule has 1 heterocycles. The zero-order chi connectivity index (χ0) is 16.6. The van der Waals surface area contributed by atoms with Gasteiger partial charge in [-0.15, -0.1) is 0 Å². The molecule has 0 saturated carbocycles. The molecule has 2 unspecified atom stereocenters. The van der Waals surface area contributed by atoms with Crippen LogP contribution >= 0.6 is 0 Å². The van der Waals surface area contributed by atoms with Crippen molar-refractivity contribution in [3.8, 4) is 0 Å². The zero-order valence-corrected chi connectivity index (χ0v) is 16.0. The van der Waals surface area contributed by atoms with E-state index < -0.39 is 0 Å². The van der Waals surface area contributed by atoms with Crippen LogP contribution in [0.5, 0.6) is 0 Å². The fourth-order valence-electron chi connectivity index (χ4n) is 3.26. The van der Waals surface area contributed by atoms with E-state index in [0.717, 1.165) is 37.9 Å². The third-order valence-electron chi connectivity index (χ3n) is 5.16. The summed E-state index contributed by atoms with van der Waals surface area (Å²) in [6, 6.07) is 0. The standard InChI is InChI=1S/C20H40O2/c1-17-9-7-13-19(3,4)22-16-12-18(2)10-8-14-20(5,6)21-15-11-17/h17-18H,7-16H2,1-6H3. The van der Waals surface area contributed by atoms with Crippen LogP contribution < -0.4 is 0 Å². The summed E-state index contributed by atoms with van der Waals surface area (Å²) in [5, 5.41) is 0. The van der Waals surface area contributed by atoms with Gasteiger partial charge in [0.2, 0.25) is 0 Å². The minimum atomic E-state index is 0.0367.